The molecule has 3 aromatic rings. The van der Waals surface area contributed by atoms with Crippen molar-refractivity contribution in [2.45, 2.75) is 45.7 Å². The number of hydrogen-bond donors (Lipinski definition) is 3. The third kappa shape index (κ3) is 4.04. The van der Waals surface area contributed by atoms with Gasteiger partial charge in [-0.2, -0.15) is 4.98 Å². The molecule has 0 spiro atoms. The molecule has 30 heavy (non-hydrogen) atoms. The molecule has 1 aliphatic heterocycles. The molecule has 4 rings (SSSR count). The molecule has 0 radical (unpaired) electrons. The van der Waals surface area contributed by atoms with E-state index in [2.05, 4.69) is 43.1 Å². The van der Waals surface area contributed by atoms with Crippen molar-refractivity contribution in [2.75, 3.05) is 10.2 Å². The summed E-state index contributed by atoms with van der Waals surface area (Å²) in [5.41, 5.74) is 4.57. The predicted molar refractivity (Wildman–Crippen MR) is 121 cm³/mol. The highest BCUT2D eigenvalue weighted by Crippen LogP contribution is 2.36. The first-order chi connectivity index (χ1) is 14.4. The van der Waals surface area contributed by atoms with Crippen molar-refractivity contribution in [3.05, 3.63) is 71.4 Å². The standard InChI is InChI=1S/C23H27BN4O2/c1-15(2)20-13-22(25-14-17-8-5-4-6-9-17)27-23(26-20)28-16(3)12-18-19(24(29)30)10-7-11-21(18)28/h4-11,13,15-16,29-30H,12,14H2,1-3H3,(H,25,26,27). The van der Waals surface area contributed by atoms with Crippen LogP contribution in [0.3, 0.4) is 0 Å². The van der Waals surface area contributed by atoms with Crippen molar-refractivity contribution < 1.29 is 10.0 Å². The quantitative estimate of drug-likeness (QED) is 0.550. The number of rotatable bonds is 6. The molecule has 7 heteroatoms. The van der Waals surface area contributed by atoms with Gasteiger partial charge in [0.25, 0.3) is 0 Å². The topological polar surface area (TPSA) is 81.5 Å². The Morgan fingerprint density at radius 1 is 1.10 bits per heavy atom. The number of benzene rings is 2. The van der Waals surface area contributed by atoms with Gasteiger partial charge in [-0.05, 0) is 41.9 Å². The molecule has 1 aliphatic rings. The van der Waals surface area contributed by atoms with Crippen LogP contribution in [0.5, 0.6) is 0 Å². The van der Waals surface area contributed by atoms with Crippen molar-refractivity contribution in [2.24, 2.45) is 0 Å². The maximum absolute atomic E-state index is 9.77. The Bertz CT molecular complexity index is 1030. The van der Waals surface area contributed by atoms with Crippen molar-refractivity contribution >= 4 is 30.0 Å². The molecule has 0 fully saturated rings. The Morgan fingerprint density at radius 3 is 2.57 bits per heavy atom. The van der Waals surface area contributed by atoms with Crippen LogP contribution in [0.25, 0.3) is 0 Å². The molecule has 6 nitrogen and oxygen atoms in total. The highest BCUT2D eigenvalue weighted by Gasteiger charge is 2.33. The first kappa shape index (κ1) is 20.4. The lowest BCUT2D eigenvalue weighted by Gasteiger charge is -2.24. The van der Waals surface area contributed by atoms with Gasteiger partial charge in [-0.3, -0.25) is 0 Å². The first-order valence-corrected chi connectivity index (χ1v) is 10.4. The maximum atomic E-state index is 9.77. The van der Waals surface area contributed by atoms with E-state index in [0.29, 0.717) is 24.4 Å². The lowest BCUT2D eigenvalue weighted by molar-refractivity contribution is 0.425. The monoisotopic (exact) mass is 402 g/mol. The van der Waals surface area contributed by atoms with Crippen molar-refractivity contribution in [1.82, 2.24) is 9.97 Å². The van der Waals surface area contributed by atoms with Crippen LogP contribution in [-0.2, 0) is 13.0 Å². The van der Waals surface area contributed by atoms with Crippen molar-refractivity contribution in [3.8, 4) is 0 Å². The molecule has 0 amide bonds. The smallest absolute Gasteiger partial charge is 0.423 e. The minimum absolute atomic E-state index is 0.115. The predicted octanol–water partition coefficient (Wildman–Crippen LogP) is 2.97. The van der Waals surface area contributed by atoms with Crippen LogP contribution >= 0.6 is 0 Å². The molecule has 2 aromatic carbocycles. The highest BCUT2D eigenvalue weighted by atomic mass is 16.4. The van der Waals surface area contributed by atoms with Crippen molar-refractivity contribution in [3.63, 3.8) is 0 Å². The van der Waals surface area contributed by atoms with E-state index in [1.165, 1.54) is 5.56 Å². The lowest BCUT2D eigenvalue weighted by atomic mass is 9.76. The fourth-order valence-corrected chi connectivity index (χ4v) is 3.95. The van der Waals surface area contributed by atoms with Gasteiger partial charge in [0.15, 0.2) is 0 Å². The summed E-state index contributed by atoms with van der Waals surface area (Å²) in [7, 11) is -1.49. The molecule has 0 bridgehead atoms. The van der Waals surface area contributed by atoms with Gasteiger partial charge in [-0.15, -0.1) is 0 Å². The van der Waals surface area contributed by atoms with Crippen LogP contribution in [0.1, 0.15) is 43.5 Å². The zero-order valence-corrected chi connectivity index (χ0v) is 17.6. The fourth-order valence-electron chi connectivity index (χ4n) is 3.95. The molecule has 0 aliphatic carbocycles. The zero-order valence-electron chi connectivity index (χ0n) is 17.6. The molecular weight excluding hydrogens is 375 g/mol. The molecule has 1 unspecified atom stereocenters. The summed E-state index contributed by atoms with van der Waals surface area (Å²) in [6.45, 7) is 7.03. The van der Waals surface area contributed by atoms with Crippen LogP contribution in [0.2, 0.25) is 0 Å². The number of nitrogens with zero attached hydrogens (tertiary/aromatic N) is 3. The number of nitrogens with one attached hydrogen (secondary N) is 1. The molecule has 154 valence electrons. The first-order valence-electron chi connectivity index (χ1n) is 10.4. The molecule has 1 aromatic heterocycles. The van der Waals surface area contributed by atoms with Crippen LogP contribution in [-0.4, -0.2) is 33.2 Å². The Morgan fingerprint density at radius 2 is 1.87 bits per heavy atom. The summed E-state index contributed by atoms with van der Waals surface area (Å²) < 4.78 is 0. The van der Waals surface area contributed by atoms with E-state index >= 15 is 0 Å². The van der Waals surface area contributed by atoms with E-state index in [4.69, 9.17) is 9.97 Å². The Balaban J connectivity index is 1.71. The summed E-state index contributed by atoms with van der Waals surface area (Å²) in [6.07, 6.45) is 0.713. The Kier molecular flexibility index (Phi) is 5.75. The highest BCUT2D eigenvalue weighted by molar-refractivity contribution is 6.59. The van der Waals surface area contributed by atoms with E-state index in [1.54, 1.807) is 6.07 Å². The molecule has 2 heterocycles. The molecular formula is C23H27BN4O2. The van der Waals surface area contributed by atoms with Gasteiger partial charge >= 0.3 is 7.12 Å². The Hall–Kier alpha value is -2.90. The number of anilines is 3. The maximum Gasteiger partial charge on any atom is 0.488 e. The van der Waals surface area contributed by atoms with Gasteiger partial charge in [-0.25, -0.2) is 4.98 Å². The van der Waals surface area contributed by atoms with Gasteiger partial charge in [0, 0.05) is 24.3 Å². The van der Waals surface area contributed by atoms with E-state index in [9.17, 15) is 10.0 Å². The summed E-state index contributed by atoms with van der Waals surface area (Å²) >= 11 is 0. The van der Waals surface area contributed by atoms with Crippen LogP contribution in [0.4, 0.5) is 17.5 Å². The molecule has 0 saturated carbocycles. The average Bonchev–Trinajstić information content (AvgIpc) is 3.08. The average molecular weight is 402 g/mol. The van der Waals surface area contributed by atoms with Crippen LogP contribution in [0, 0.1) is 0 Å². The summed E-state index contributed by atoms with van der Waals surface area (Å²) in [5.74, 6) is 1.67. The second kappa shape index (κ2) is 8.46. The molecule has 1 atom stereocenters. The Labute approximate surface area is 177 Å². The third-order valence-electron chi connectivity index (χ3n) is 5.52. The van der Waals surface area contributed by atoms with Crippen LogP contribution in [0.15, 0.2) is 54.6 Å². The number of fused-ring (bicyclic) bond motifs is 1. The van der Waals surface area contributed by atoms with E-state index < -0.39 is 7.12 Å². The second-order valence-corrected chi connectivity index (χ2v) is 8.11. The van der Waals surface area contributed by atoms with E-state index in [-0.39, 0.29) is 12.0 Å². The summed E-state index contributed by atoms with van der Waals surface area (Å²) in [6, 6.07) is 17.9. The zero-order chi connectivity index (χ0) is 21.3. The van der Waals surface area contributed by atoms with Gasteiger partial charge < -0.3 is 20.3 Å². The third-order valence-corrected chi connectivity index (χ3v) is 5.52. The normalized spacial score (nSPS) is 15.4. The number of aromatic nitrogens is 2. The minimum atomic E-state index is -1.49. The van der Waals surface area contributed by atoms with Crippen molar-refractivity contribution in [1.29, 1.82) is 0 Å². The van der Waals surface area contributed by atoms with E-state index in [1.807, 2.05) is 36.4 Å². The SMILES string of the molecule is CC(C)c1cc(NCc2ccccc2)nc(N2c3cccc(B(O)O)c3CC2C)n1. The fraction of sp³-hybridized carbons (Fsp3) is 0.304. The number of hydrogen-bond acceptors (Lipinski definition) is 6. The summed E-state index contributed by atoms with van der Waals surface area (Å²) in [5, 5.41) is 23.0. The van der Waals surface area contributed by atoms with Gasteiger partial charge in [0.2, 0.25) is 5.95 Å². The van der Waals surface area contributed by atoms with E-state index in [0.717, 1.165) is 22.8 Å². The minimum Gasteiger partial charge on any atom is -0.423 e. The van der Waals surface area contributed by atoms with Gasteiger partial charge in [0.05, 0.1) is 5.69 Å². The molecule has 0 saturated heterocycles. The second-order valence-electron chi connectivity index (χ2n) is 8.11. The van der Waals surface area contributed by atoms with Gasteiger partial charge in [-0.1, -0.05) is 56.3 Å². The largest absolute Gasteiger partial charge is 0.488 e. The molecule has 3 N–H and O–H groups in total. The lowest BCUT2D eigenvalue weighted by Crippen LogP contribution is -2.32. The van der Waals surface area contributed by atoms with Crippen LogP contribution < -0.4 is 15.7 Å². The summed E-state index contributed by atoms with van der Waals surface area (Å²) in [4.78, 5) is 11.8. The van der Waals surface area contributed by atoms with Gasteiger partial charge in [0.1, 0.15) is 5.82 Å².